The van der Waals surface area contributed by atoms with Crippen LogP contribution >= 0.6 is 0 Å². The molecule has 0 aliphatic heterocycles. The maximum absolute atomic E-state index is 11.9. The highest BCUT2D eigenvalue weighted by atomic mass is 16.4. The van der Waals surface area contributed by atoms with Crippen LogP contribution < -0.4 is 0 Å². The van der Waals surface area contributed by atoms with Crippen LogP contribution in [-0.4, -0.2) is 84.3 Å². The first-order valence-electron chi connectivity index (χ1n) is 12.7. The fraction of sp³-hybridized carbons (Fsp3) is 0.960. The van der Waals surface area contributed by atoms with Crippen molar-refractivity contribution < 1.29 is 40.5 Å². The van der Waals surface area contributed by atoms with Crippen molar-refractivity contribution in [3.8, 4) is 0 Å². The fourth-order valence-electron chi connectivity index (χ4n) is 8.23. The van der Waals surface area contributed by atoms with Crippen LogP contribution in [0.4, 0.5) is 0 Å². The third-order valence-electron chi connectivity index (χ3n) is 10.5. The van der Waals surface area contributed by atoms with Crippen LogP contribution in [0.5, 0.6) is 0 Å². The lowest BCUT2D eigenvalue weighted by molar-refractivity contribution is -0.223. The summed E-state index contributed by atoms with van der Waals surface area (Å²) in [6, 6.07) is 0. The fourth-order valence-corrected chi connectivity index (χ4v) is 8.23. The zero-order valence-corrected chi connectivity index (χ0v) is 19.8. The van der Waals surface area contributed by atoms with Gasteiger partial charge in [-0.25, -0.2) is 0 Å². The van der Waals surface area contributed by atoms with Crippen molar-refractivity contribution in [3.05, 3.63) is 0 Å². The summed E-state index contributed by atoms with van der Waals surface area (Å²) < 4.78 is 0. The summed E-state index contributed by atoms with van der Waals surface area (Å²) in [5, 5.41) is 64.3. The Morgan fingerprint density at radius 2 is 1.15 bits per heavy atom. The zero-order valence-electron chi connectivity index (χ0n) is 19.8. The molecule has 0 spiro atoms. The van der Waals surface area contributed by atoms with Gasteiger partial charge in [0.05, 0.1) is 6.10 Å². The van der Waals surface area contributed by atoms with E-state index in [1.54, 1.807) is 0 Å². The third-order valence-corrected chi connectivity index (χ3v) is 10.5. The summed E-state index contributed by atoms with van der Waals surface area (Å²) in [4.78, 5) is 11.9. The van der Waals surface area contributed by atoms with Gasteiger partial charge in [0.1, 0.15) is 42.4 Å². The number of carbonyl (C=O) groups excluding carboxylic acids is 1. The van der Waals surface area contributed by atoms with Gasteiger partial charge in [-0.3, -0.25) is 4.79 Å². The number of hydrogen-bond donors (Lipinski definition) is 7. The van der Waals surface area contributed by atoms with E-state index in [9.17, 15) is 9.90 Å². The van der Waals surface area contributed by atoms with E-state index in [1.165, 1.54) is 32.1 Å². The van der Waals surface area contributed by atoms with E-state index in [2.05, 4.69) is 13.8 Å². The van der Waals surface area contributed by atoms with E-state index in [0.717, 1.165) is 43.4 Å². The Morgan fingerprint density at radius 3 is 1.70 bits per heavy atom. The first-order valence-corrected chi connectivity index (χ1v) is 12.7. The van der Waals surface area contributed by atoms with Crippen LogP contribution in [0.3, 0.4) is 0 Å². The maximum Gasteiger partial charge on any atom is 0.133 e. The Labute approximate surface area is 195 Å². The highest BCUT2D eigenvalue weighted by Crippen LogP contribution is 2.65. The molecule has 0 aromatic carbocycles. The molecule has 0 amide bonds. The lowest BCUT2D eigenvalue weighted by Crippen LogP contribution is -2.63. The molecular formula is C25H42O8. The average molecular weight is 471 g/mol. The molecule has 7 N–H and O–H groups in total. The molecule has 5 aliphatic rings. The number of aliphatic hydroxyl groups excluding tert-OH is 7. The topological polar surface area (TPSA) is 159 Å². The molecule has 5 rings (SSSR count). The van der Waals surface area contributed by atoms with Crippen molar-refractivity contribution in [1.29, 1.82) is 0 Å². The number of fused-ring (bicyclic) bond motifs is 5. The molecule has 8 nitrogen and oxygen atoms in total. The summed E-state index contributed by atoms with van der Waals surface area (Å²) >= 11 is 0. The molecule has 0 bridgehead atoms. The molecular weight excluding hydrogens is 428 g/mol. The lowest BCUT2D eigenvalue weighted by atomic mass is 9.45. The van der Waals surface area contributed by atoms with E-state index in [1.807, 2.05) is 0 Å². The molecule has 5 fully saturated rings. The minimum Gasteiger partial charge on any atom is -0.393 e. The molecule has 190 valence electrons. The van der Waals surface area contributed by atoms with Crippen molar-refractivity contribution >= 4 is 5.78 Å². The van der Waals surface area contributed by atoms with Gasteiger partial charge in [-0.15, -0.1) is 0 Å². The van der Waals surface area contributed by atoms with Crippen LogP contribution in [-0.2, 0) is 4.79 Å². The van der Waals surface area contributed by atoms with Crippen molar-refractivity contribution in [3.63, 3.8) is 0 Å². The summed E-state index contributed by atoms with van der Waals surface area (Å²) in [5.41, 5.74) is 0.598. The minimum atomic E-state index is -1.64. The van der Waals surface area contributed by atoms with E-state index >= 15 is 0 Å². The van der Waals surface area contributed by atoms with Crippen LogP contribution in [0.2, 0.25) is 0 Å². The van der Waals surface area contributed by atoms with Crippen molar-refractivity contribution in [1.82, 2.24) is 0 Å². The van der Waals surface area contributed by atoms with Crippen LogP contribution in [0.25, 0.3) is 0 Å². The SMILES string of the molecule is C[C@]12CCC(=O)C[C@@H]1CC[C@@H]1[C@@H]2CC[C@]2(C)[C@@H](O)CC[C@@H]12.O[C@H]1[C@H](O)[C@@H](O)[C@H](O)[C@@H](O)[C@H]1O. The normalized spacial score (nSPS) is 56.2. The van der Waals surface area contributed by atoms with Gasteiger partial charge < -0.3 is 35.7 Å². The van der Waals surface area contributed by atoms with Gasteiger partial charge >= 0.3 is 0 Å². The number of Topliss-reactive ketones (excluding diaryl/α,β-unsaturated/α-hetero) is 1. The highest BCUT2D eigenvalue weighted by Gasteiger charge is 2.60. The monoisotopic (exact) mass is 470 g/mol. The van der Waals surface area contributed by atoms with E-state index in [4.69, 9.17) is 30.6 Å². The van der Waals surface area contributed by atoms with Gasteiger partial charge in [-0.1, -0.05) is 13.8 Å². The smallest absolute Gasteiger partial charge is 0.133 e. The summed E-state index contributed by atoms with van der Waals surface area (Å²) in [7, 11) is 0. The van der Waals surface area contributed by atoms with Crippen molar-refractivity contribution in [2.45, 2.75) is 114 Å². The van der Waals surface area contributed by atoms with Gasteiger partial charge in [0.15, 0.2) is 0 Å². The van der Waals surface area contributed by atoms with Crippen molar-refractivity contribution in [2.75, 3.05) is 0 Å². The number of rotatable bonds is 0. The predicted molar refractivity (Wildman–Crippen MR) is 119 cm³/mol. The standard InChI is InChI=1S/C19H30O2.C6H12O6/c1-18-9-7-13(20)11-12(18)3-4-14-15-5-6-17(21)19(15,2)10-8-16(14)18;7-1-2(8)4(10)6(12)5(11)3(1)9/h12,14-17,21H,3-11H2,1-2H3;1-12H/t12-,14-,15-,16-,17-,18-,19-;1-,2-,3-,4+,5-,6-/m0./s1. The number of hydrogen-bond acceptors (Lipinski definition) is 8. The van der Waals surface area contributed by atoms with Crippen molar-refractivity contribution in [2.24, 2.45) is 34.5 Å². The Morgan fingerprint density at radius 1 is 0.636 bits per heavy atom. The first-order chi connectivity index (χ1) is 15.4. The molecule has 0 radical (unpaired) electrons. The number of aliphatic hydroxyl groups is 7. The lowest BCUT2D eigenvalue weighted by Gasteiger charge is -2.60. The van der Waals surface area contributed by atoms with Gasteiger partial charge in [0.2, 0.25) is 0 Å². The highest BCUT2D eigenvalue weighted by molar-refractivity contribution is 5.79. The first kappa shape index (κ1) is 25.5. The summed E-state index contributed by atoms with van der Waals surface area (Å²) in [6.07, 6.45) is 0.201. The van der Waals surface area contributed by atoms with Gasteiger partial charge in [-0.05, 0) is 79.4 Å². The molecule has 0 aromatic rings. The van der Waals surface area contributed by atoms with Gasteiger partial charge in [0.25, 0.3) is 0 Å². The predicted octanol–water partition coefficient (Wildman–Crippen LogP) is 0.124. The Balaban J connectivity index is 0.000000185. The summed E-state index contributed by atoms with van der Waals surface area (Å²) in [6.45, 7) is 4.85. The van der Waals surface area contributed by atoms with Crippen LogP contribution in [0, 0.1) is 34.5 Å². The number of ketones is 1. The Hall–Kier alpha value is -0.610. The molecule has 0 unspecified atom stereocenters. The minimum absolute atomic E-state index is 0.0677. The second-order valence-electron chi connectivity index (χ2n) is 12.0. The zero-order chi connectivity index (χ0) is 24.3. The van der Waals surface area contributed by atoms with Crippen LogP contribution in [0.15, 0.2) is 0 Å². The molecule has 0 saturated heterocycles. The second-order valence-corrected chi connectivity index (χ2v) is 12.0. The van der Waals surface area contributed by atoms with Crippen LogP contribution in [0.1, 0.15) is 71.6 Å². The Bertz CT molecular complexity index is 673. The van der Waals surface area contributed by atoms with Gasteiger partial charge in [-0.2, -0.15) is 0 Å². The largest absolute Gasteiger partial charge is 0.393 e. The molecule has 0 heterocycles. The second kappa shape index (κ2) is 9.12. The molecule has 0 aromatic heterocycles. The third kappa shape index (κ3) is 4.09. The molecule has 5 saturated carbocycles. The van der Waals surface area contributed by atoms with Gasteiger partial charge in [0, 0.05) is 12.8 Å². The molecule has 5 aliphatic carbocycles. The Kier molecular flexibility index (Phi) is 7.04. The number of carbonyl (C=O) groups is 1. The molecule has 8 heteroatoms. The van der Waals surface area contributed by atoms with E-state index in [0.29, 0.717) is 17.1 Å². The summed E-state index contributed by atoms with van der Waals surface area (Å²) in [5.74, 6) is 3.52. The average Bonchev–Trinajstić information content (AvgIpc) is 3.10. The molecule has 7 atom stereocenters. The van der Waals surface area contributed by atoms with E-state index in [-0.39, 0.29) is 11.5 Å². The molecule has 33 heavy (non-hydrogen) atoms. The van der Waals surface area contributed by atoms with E-state index < -0.39 is 36.6 Å². The quantitative estimate of drug-likeness (QED) is 0.263. The maximum atomic E-state index is 11.9.